The fourth-order valence-electron chi connectivity index (χ4n) is 10.4. The van der Waals surface area contributed by atoms with Crippen LogP contribution in [0.3, 0.4) is 0 Å². The largest absolute Gasteiger partial charge is 0.489 e. The lowest BCUT2D eigenvalue weighted by atomic mass is 9.48. The van der Waals surface area contributed by atoms with Crippen LogP contribution in [0.4, 0.5) is 0 Å². The summed E-state index contributed by atoms with van der Waals surface area (Å²) in [7, 11) is 1.71. The molecule has 4 atom stereocenters. The van der Waals surface area contributed by atoms with Gasteiger partial charge in [-0.05, 0) is 98.5 Å². The summed E-state index contributed by atoms with van der Waals surface area (Å²) in [6.07, 6.45) is 0.486. The molecule has 0 fully saturated rings. The van der Waals surface area contributed by atoms with Crippen molar-refractivity contribution in [2.24, 2.45) is 0 Å². The van der Waals surface area contributed by atoms with Crippen LogP contribution in [0.1, 0.15) is 44.9 Å². The predicted octanol–water partition coefficient (Wildman–Crippen LogP) is 16.3. The molecule has 0 bridgehead atoms. The van der Waals surface area contributed by atoms with Crippen LogP contribution in [0, 0.1) is 0 Å². The number of rotatable bonds is 14. The zero-order chi connectivity index (χ0) is 46.4. The fraction of sp³-hybridized carbons (Fsp3) is 0.111. The van der Waals surface area contributed by atoms with Crippen molar-refractivity contribution >= 4 is 34.3 Å². The number of para-hydroxylation sites is 1. The normalized spacial score (nSPS) is 20.1. The second-order valence-electron chi connectivity index (χ2n) is 17.2. The molecule has 9 aromatic carbocycles. The number of hydrogen-bond donors (Lipinski definition) is 0. The standard InChI is InChI=1S/C63H50Cl2O3/c1-66-63(65)59(57-35-21-20-34-56(57)48-26-12-4-13-27-48)58(49-28-14-5-15-29-49)61(44-46-22-8-2-9-23-46,51-38-42-53(43-39-51)67-45-47-24-10-3-11-25-47)62(64,52-30-16-6-17-31-52)60(63)50-36-40-55(41-37-50)68-54-32-18-7-19-33-54/h2-43,60H,44-45H2,1H3. The number of methoxy groups -OCH3 is 1. The van der Waals surface area contributed by atoms with E-state index in [2.05, 4.69) is 182 Å². The Morgan fingerprint density at radius 3 is 1.47 bits per heavy atom. The van der Waals surface area contributed by atoms with Crippen molar-refractivity contribution in [2.45, 2.75) is 34.3 Å². The number of ether oxygens (including phenoxy) is 3. The van der Waals surface area contributed by atoms with Gasteiger partial charge in [0.2, 0.25) is 0 Å². The minimum absolute atomic E-state index is 0.434. The second kappa shape index (κ2) is 19.6. The average Bonchev–Trinajstić information content (AvgIpc) is 3.41. The Hall–Kier alpha value is -7.14. The van der Waals surface area contributed by atoms with Crippen molar-refractivity contribution in [2.75, 3.05) is 7.11 Å². The number of alkyl halides is 2. The minimum atomic E-state index is -1.59. The molecule has 0 N–H and O–H groups in total. The third-order valence-electron chi connectivity index (χ3n) is 13.3. The van der Waals surface area contributed by atoms with Crippen molar-refractivity contribution in [3.8, 4) is 28.4 Å². The Balaban J connectivity index is 1.34. The Morgan fingerprint density at radius 1 is 0.412 bits per heavy atom. The van der Waals surface area contributed by atoms with E-state index < -0.39 is 21.3 Å². The first-order chi connectivity index (χ1) is 33.4. The molecule has 9 aromatic rings. The molecule has 5 heteroatoms. The van der Waals surface area contributed by atoms with Crippen molar-refractivity contribution in [3.05, 3.63) is 294 Å². The smallest absolute Gasteiger partial charge is 0.176 e. The highest BCUT2D eigenvalue weighted by Gasteiger charge is 2.69. The summed E-state index contributed by atoms with van der Waals surface area (Å²) in [5, 5.41) is -1.59. The van der Waals surface area contributed by atoms with E-state index in [1.54, 1.807) is 7.11 Å². The summed E-state index contributed by atoms with van der Waals surface area (Å²) in [4.78, 5) is -1.37. The Morgan fingerprint density at radius 2 is 0.882 bits per heavy atom. The highest BCUT2D eigenvalue weighted by Crippen LogP contribution is 2.73. The van der Waals surface area contributed by atoms with E-state index in [4.69, 9.17) is 25.8 Å². The topological polar surface area (TPSA) is 27.7 Å². The third kappa shape index (κ3) is 8.32. The fourth-order valence-corrected chi connectivity index (χ4v) is 11.6. The number of benzene rings is 9. The Labute approximate surface area is 409 Å². The maximum absolute atomic E-state index is 9.22. The van der Waals surface area contributed by atoms with Crippen LogP contribution in [-0.4, -0.2) is 12.2 Å². The molecule has 4 unspecified atom stereocenters. The molecule has 3 nitrogen and oxygen atoms in total. The van der Waals surface area contributed by atoms with E-state index >= 15 is 0 Å². The molecule has 1 aliphatic carbocycles. The van der Waals surface area contributed by atoms with E-state index in [1.807, 2.05) is 72.8 Å². The van der Waals surface area contributed by atoms with E-state index in [0.717, 1.165) is 72.7 Å². The molecule has 0 aromatic heterocycles. The lowest BCUT2D eigenvalue weighted by molar-refractivity contribution is 0.0546. The van der Waals surface area contributed by atoms with Gasteiger partial charge in [-0.25, -0.2) is 0 Å². The average molecular weight is 926 g/mol. The van der Waals surface area contributed by atoms with Gasteiger partial charge in [0.15, 0.2) is 5.06 Å². The van der Waals surface area contributed by atoms with Crippen LogP contribution in [-0.2, 0) is 28.1 Å². The lowest BCUT2D eigenvalue weighted by Gasteiger charge is -2.61. The summed E-state index contributed by atoms with van der Waals surface area (Å²) < 4.78 is 19.9. The highest BCUT2D eigenvalue weighted by molar-refractivity contribution is 6.37. The first-order valence-corrected chi connectivity index (χ1v) is 23.8. The molecule has 0 saturated carbocycles. The van der Waals surface area contributed by atoms with Gasteiger partial charge in [-0.1, -0.05) is 230 Å². The summed E-state index contributed by atoms with van der Waals surface area (Å²) in [5.41, 5.74) is 9.63. The van der Waals surface area contributed by atoms with Crippen molar-refractivity contribution in [1.82, 2.24) is 0 Å². The van der Waals surface area contributed by atoms with Crippen LogP contribution < -0.4 is 9.47 Å². The minimum Gasteiger partial charge on any atom is -0.489 e. The van der Waals surface area contributed by atoms with Gasteiger partial charge < -0.3 is 14.2 Å². The number of hydrogen-bond acceptors (Lipinski definition) is 3. The molecule has 1 aliphatic rings. The van der Waals surface area contributed by atoms with E-state index in [-0.39, 0.29) is 0 Å². The summed E-state index contributed by atoms with van der Waals surface area (Å²) in [5.74, 6) is 1.42. The van der Waals surface area contributed by atoms with Crippen LogP contribution in [0.2, 0.25) is 0 Å². The summed E-state index contributed by atoms with van der Waals surface area (Å²) >= 11 is 17.9. The van der Waals surface area contributed by atoms with Crippen LogP contribution >= 0.6 is 23.2 Å². The maximum atomic E-state index is 9.22. The zero-order valence-electron chi connectivity index (χ0n) is 37.7. The lowest BCUT2D eigenvalue weighted by Crippen LogP contribution is -2.61. The van der Waals surface area contributed by atoms with Gasteiger partial charge in [0, 0.05) is 18.1 Å². The van der Waals surface area contributed by atoms with Crippen molar-refractivity contribution in [1.29, 1.82) is 0 Å². The molecule has 0 amide bonds. The SMILES string of the molecule is COC1(Cl)C(c2ccccc2-c2ccccc2)=C(c2ccccc2)C(Cc2ccccc2)(c2ccc(OCc3ccccc3)cc2)C(Cl)(c2ccccc2)C1c1ccc(Oc2ccccc2)cc1. The van der Waals surface area contributed by atoms with E-state index in [0.29, 0.717) is 18.8 Å². The van der Waals surface area contributed by atoms with Crippen molar-refractivity contribution in [3.63, 3.8) is 0 Å². The monoisotopic (exact) mass is 924 g/mol. The number of halogens is 2. The quantitative estimate of drug-likeness (QED) is 0.102. The van der Waals surface area contributed by atoms with Gasteiger partial charge >= 0.3 is 0 Å². The van der Waals surface area contributed by atoms with Gasteiger partial charge in [-0.15, -0.1) is 11.6 Å². The third-order valence-corrected chi connectivity index (χ3v) is 14.7. The van der Waals surface area contributed by atoms with E-state index in [1.165, 1.54) is 0 Å². The summed E-state index contributed by atoms with van der Waals surface area (Å²) in [6, 6.07) is 87.6. The van der Waals surface area contributed by atoms with Crippen LogP contribution in [0.25, 0.3) is 22.3 Å². The van der Waals surface area contributed by atoms with Crippen LogP contribution in [0.5, 0.6) is 17.2 Å². The first-order valence-electron chi connectivity index (χ1n) is 23.0. The van der Waals surface area contributed by atoms with Crippen molar-refractivity contribution < 1.29 is 14.2 Å². The summed E-state index contributed by atoms with van der Waals surface area (Å²) in [6.45, 7) is 0.434. The predicted molar refractivity (Wildman–Crippen MR) is 279 cm³/mol. The molecule has 0 heterocycles. The molecule has 0 spiro atoms. The van der Waals surface area contributed by atoms with Gasteiger partial charge in [-0.2, -0.15) is 0 Å². The molecule has 68 heavy (non-hydrogen) atoms. The molecule has 0 radical (unpaired) electrons. The van der Waals surface area contributed by atoms with Gasteiger partial charge in [0.1, 0.15) is 23.9 Å². The Kier molecular flexibility index (Phi) is 12.9. The van der Waals surface area contributed by atoms with Gasteiger partial charge in [0.05, 0.1) is 10.8 Å². The molecular weight excluding hydrogens is 876 g/mol. The number of allylic oxidation sites excluding steroid dienone is 1. The molecule has 0 saturated heterocycles. The highest BCUT2D eigenvalue weighted by atomic mass is 35.5. The van der Waals surface area contributed by atoms with E-state index in [9.17, 15) is 11.6 Å². The van der Waals surface area contributed by atoms with Gasteiger partial charge in [0.25, 0.3) is 0 Å². The maximum Gasteiger partial charge on any atom is 0.176 e. The first kappa shape index (κ1) is 44.7. The molecule has 10 rings (SSSR count). The van der Waals surface area contributed by atoms with Gasteiger partial charge in [-0.3, -0.25) is 0 Å². The Bertz CT molecular complexity index is 3100. The van der Waals surface area contributed by atoms with Crippen LogP contribution in [0.15, 0.2) is 255 Å². The molecule has 334 valence electrons. The molecular formula is C63H50Cl2O3. The second-order valence-corrected chi connectivity index (χ2v) is 18.4. The zero-order valence-corrected chi connectivity index (χ0v) is 39.2. The molecule has 0 aliphatic heterocycles.